The second kappa shape index (κ2) is 15.8. The van der Waals surface area contributed by atoms with Crippen LogP contribution in [0.1, 0.15) is 66.2 Å². The Morgan fingerprint density at radius 1 is 0.842 bits per heavy atom. The van der Waals surface area contributed by atoms with Crippen LogP contribution in [0.25, 0.3) is 0 Å². The van der Waals surface area contributed by atoms with Gasteiger partial charge in [0.15, 0.2) is 0 Å². The van der Waals surface area contributed by atoms with Crippen molar-refractivity contribution in [1.29, 1.82) is 0 Å². The Labute approximate surface area is 133 Å². The van der Waals surface area contributed by atoms with Crippen LogP contribution in [0.3, 0.4) is 0 Å². The number of carboxylic acids is 2. The summed E-state index contributed by atoms with van der Waals surface area (Å²) in [5, 5.41) is 20.2. The van der Waals surface area contributed by atoms with Gasteiger partial charge in [0.2, 0.25) is 0 Å². The first-order valence-corrected chi connectivity index (χ1v) is 6.78. The minimum absolute atomic E-state index is 0. The van der Waals surface area contributed by atoms with E-state index in [1.54, 1.807) is 13.8 Å². The first kappa shape index (κ1) is 23.8. The Morgan fingerprint density at radius 2 is 1.11 bits per heavy atom. The molecule has 0 aromatic rings. The van der Waals surface area contributed by atoms with E-state index in [9.17, 15) is 19.8 Å². The molecule has 0 aliphatic rings. The van der Waals surface area contributed by atoms with Crippen molar-refractivity contribution < 1.29 is 19.8 Å². The Morgan fingerprint density at radius 3 is 1.26 bits per heavy atom. The van der Waals surface area contributed by atoms with E-state index < -0.39 is 11.9 Å². The fourth-order valence-electron chi connectivity index (χ4n) is 1.26. The molecule has 0 N–H and O–H groups in total. The zero-order valence-corrected chi connectivity index (χ0v) is 16.8. The third-order valence-corrected chi connectivity index (χ3v) is 2.79. The van der Waals surface area contributed by atoms with Gasteiger partial charge in [-0.25, -0.2) is 0 Å². The summed E-state index contributed by atoms with van der Waals surface area (Å²) in [5.41, 5.74) is 0. The van der Waals surface area contributed by atoms with Crippen LogP contribution in [0.5, 0.6) is 0 Å². The number of hydrogen-bond acceptors (Lipinski definition) is 4. The molecule has 0 aromatic carbocycles. The molecule has 0 amide bonds. The standard InChI is InChI=1S/2C7H14O2.Sn.2H/c2*1-3-4-5-6(2)7(8)9;;;/h2*6H,3-5H2,1-2H3,(H,8,9);;;/q;;+2;;/p-2. The van der Waals surface area contributed by atoms with Crippen LogP contribution in [0.4, 0.5) is 0 Å². The second-order valence-corrected chi connectivity index (χ2v) is 4.72. The molecule has 2 atom stereocenters. The summed E-state index contributed by atoms with van der Waals surface area (Å²) in [7, 11) is 0. The van der Waals surface area contributed by atoms with Gasteiger partial charge < -0.3 is 19.8 Å². The molecule has 0 bridgehead atoms. The van der Waals surface area contributed by atoms with Gasteiger partial charge >= 0.3 is 23.9 Å². The molecular weight excluding hydrogens is 351 g/mol. The monoisotopic (exact) mass is 380 g/mol. The Hall–Kier alpha value is -0.261. The molecule has 0 rings (SSSR count). The minimum atomic E-state index is -0.927. The Kier molecular flexibility index (Phi) is 19.8. The molecule has 19 heavy (non-hydrogen) atoms. The van der Waals surface area contributed by atoms with Crippen molar-refractivity contribution in [2.75, 3.05) is 0 Å². The fraction of sp³-hybridized carbons (Fsp3) is 0.857. The van der Waals surface area contributed by atoms with E-state index in [1.165, 1.54) is 0 Å². The van der Waals surface area contributed by atoms with Crippen molar-refractivity contribution in [1.82, 2.24) is 0 Å². The van der Waals surface area contributed by atoms with Gasteiger partial charge in [-0.05, 0) is 24.7 Å². The third-order valence-electron chi connectivity index (χ3n) is 2.79. The van der Waals surface area contributed by atoms with E-state index in [-0.39, 0.29) is 35.7 Å². The van der Waals surface area contributed by atoms with Crippen LogP contribution in [-0.2, 0) is 9.59 Å². The third kappa shape index (κ3) is 17.7. The molecule has 0 aromatic heterocycles. The van der Waals surface area contributed by atoms with Crippen LogP contribution in [0.2, 0.25) is 0 Å². The van der Waals surface area contributed by atoms with E-state index in [1.807, 2.05) is 13.8 Å². The van der Waals surface area contributed by atoms with Gasteiger partial charge in [0.05, 0.1) is 0 Å². The number of unbranched alkanes of at least 4 members (excludes halogenated alkanes) is 2. The van der Waals surface area contributed by atoms with Crippen LogP contribution < -0.4 is 10.2 Å². The average Bonchev–Trinajstić information content (AvgIpc) is 2.33. The van der Waals surface area contributed by atoms with Crippen LogP contribution in [0, 0.1) is 11.8 Å². The number of rotatable bonds is 8. The summed E-state index contributed by atoms with van der Waals surface area (Å²) in [5.74, 6) is -2.40. The second-order valence-electron chi connectivity index (χ2n) is 4.72. The molecule has 0 spiro atoms. The first-order valence-electron chi connectivity index (χ1n) is 6.78. The van der Waals surface area contributed by atoms with Gasteiger partial charge in [-0.15, -0.1) is 0 Å². The van der Waals surface area contributed by atoms with E-state index in [4.69, 9.17) is 0 Å². The summed E-state index contributed by atoms with van der Waals surface area (Å²) in [6, 6.07) is 0. The van der Waals surface area contributed by atoms with Gasteiger partial charge in [-0.2, -0.15) is 0 Å². The molecule has 5 heteroatoms. The van der Waals surface area contributed by atoms with Crippen LogP contribution >= 0.6 is 0 Å². The van der Waals surface area contributed by atoms with Crippen molar-refractivity contribution >= 4 is 35.8 Å². The maximum atomic E-state index is 10.1. The predicted molar refractivity (Wildman–Crippen MR) is 75.9 cm³/mol. The predicted octanol–water partition coefficient (Wildman–Crippen LogP) is 0.209. The normalized spacial score (nSPS) is 12.4. The maximum absolute atomic E-state index is 10.1. The first-order chi connectivity index (χ1) is 8.36. The summed E-state index contributed by atoms with van der Waals surface area (Å²) in [6.45, 7) is 7.46. The molecule has 0 heterocycles. The summed E-state index contributed by atoms with van der Waals surface area (Å²) in [4.78, 5) is 20.2. The van der Waals surface area contributed by atoms with Crippen molar-refractivity contribution in [3.63, 3.8) is 0 Å². The molecule has 0 saturated carbocycles. The van der Waals surface area contributed by atoms with Crippen molar-refractivity contribution in [3.05, 3.63) is 0 Å². The van der Waals surface area contributed by atoms with E-state index >= 15 is 0 Å². The van der Waals surface area contributed by atoms with E-state index in [2.05, 4.69) is 0 Å². The molecule has 4 nitrogen and oxygen atoms in total. The number of carbonyl (C=O) groups excluding carboxylic acids is 2. The summed E-state index contributed by atoms with van der Waals surface area (Å²) in [6.07, 6.45) is 5.57. The topological polar surface area (TPSA) is 80.3 Å². The molecule has 0 radical (unpaired) electrons. The van der Waals surface area contributed by atoms with Gasteiger partial charge in [-0.1, -0.05) is 53.4 Å². The van der Waals surface area contributed by atoms with Gasteiger partial charge in [0.1, 0.15) is 0 Å². The van der Waals surface area contributed by atoms with E-state index in [0.29, 0.717) is 0 Å². The van der Waals surface area contributed by atoms with Gasteiger partial charge in [0, 0.05) is 11.9 Å². The zero-order valence-electron chi connectivity index (χ0n) is 12.7. The zero-order chi connectivity index (χ0) is 14.6. The molecule has 0 aliphatic carbocycles. The number of carbonyl (C=O) groups is 2. The molecule has 0 saturated heterocycles. The quantitative estimate of drug-likeness (QED) is 0.565. The molecule has 0 aliphatic heterocycles. The molecular formula is C14H28O4Sn. The number of hydrogen-bond donors (Lipinski definition) is 0. The van der Waals surface area contributed by atoms with Crippen molar-refractivity contribution in [3.8, 4) is 0 Å². The molecule has 0 fully saturated rings. The van der Waals surface area contributed by atoms with Crippen molar-refractivity contribution in [2.45, 2.75) is 66.2 Å². The Balaban J connectivity index is -0.000000256. The molecule has 112 valence electrons. The van der Waals surface area contributed by atoms with Crippen molar-refractivity contribution in [2.24, 2.45) is 11.8 Å². The number of aliphatic carboxylic acids is 2. The van der Waals surface area contributed by atoms with Crippen LogP contribution in [0.15, 0.2) is 0 Å². The Bertz CT molecular complexity index is 207. The number of carboxylic acid groups (broad SMARTS) is 2. The summed E-state index contributed by atoms with van der Waals surface area (Å²) >= 11 is 0. The summed E-state index contributed by atoms with van der Waals surface area (Å²) < 4.78 is 0. The van der Waals surface area contributed by atoms with Crippen LogP contribution in [-0.4, -0.2) is 35.8 Å². The SMILES string of the molecule is CCCCC(C)C(=O)[O-].CCCCC(C)C(=O)[O-].[SnH2+2]. The molecule has 2 unspecified atom stereocenters. The van der Waals surface area contributed by atoms with E-state index in [0.717, 1.165) is 38.5 Å². The van der Waals surface area contributed by atoms with Gasteiger partial charge in [-0.3, -0.25) is 0 Å². The average molecular weight is 379 g/mol. The van der Waals surface area contributed by atoms with Gasteiger partial charge in [0.25, 0.3) is 0 Å². The fourth-order valence-corrected chi connectivity index (χ4v) is 1.26.